The number of hydrogen-bond donors (Lipinski definition) is 1. The summed E-state index contributed by atoms with van der Waals surface area (Å²) in [6.45, 7) is 3.38. The Morgan fingerprint density at radius 3 is 2.68 bits per heavy atom. The van der Waals surface area contributed by atoms with Crippen molar-refractivity contribution in [3.05, 3.63) is 60.4 Å². The van der Waals surface area contributed by atoms with Gasteiger partial charge >= 0.3 is 0 Å². The van der Waals surface area contributed by atoms with E-state index in [4.69, 9.17) is 16.3 Å². The Balaban J connectivity index is 2.12. The van der Waals surface area contributed by atoms with Crippen LogP contribution in [-0.2, 0) is 4.79 Å². The second-order valence-electron chi connectivity index (χ2n) is 3.66. The van der Waals surface area contributed by atoms with E-state index in [-0.39, 0.29) is 5.91 Å². The van der Waals surface area contributed by atoms with E-state index < -0.39 is 0 Å². The van der Waals surface area contributed by atoms with E-state index in [2.05, 4.69) is 16.9 Å². The fourth-order valence-electron chi connectivity index (χ4n) is 1.38. The van der Waals surface area contributed by atoms with E-state index in [0.717, 1.165) is 0 Å². The maximum Gasteiger partial charge on any atom is 0.247 e. The molecule has 0 aliphatic carbocycles. The second-order valence-corrected chi connectivity index (χ2v) is 4.10. The molecule has 0 bridgehead atoms. The molecule has 2 aromatic rings. The van der Waals surface area contributed by atoms with Gasteiger partial charge in [0, 0.05) is 11.1 Å². The molecule has 0 atom stereocenters. The highest BCUT2D eigenvalue weighted by Crippen LogP contribution is 2.24. The van der Waals surface area contributed by atoms with Crippen LogP contribution in [0.3, 0.4) is 0 Å². The van der Waals surface area contributed by atoms with E-state index in [0.29, 0.717) is 22.2 Å². The molecule has 5 heteroatoms. The van der Waals surface area contributed by atoms with Gasteiger partial charge in [-0.2, -0.15) is 0 Å². The summed E-state index contributed by atoms with van der Waals surface area (Å²) in [4.78, 5) is 15.2. The maximum absolute atomic E-state index is 11.2. The number of amides is 1. The Labute approximate surface area is 115 Å². The lowest BCUT2D eigenvalue weighted by Gasteiger charge is -2.07. The quantitative estimate of drug-likeness (QED) is 0.866. The zero-order chi connectivity index (χ0) is 13.7. The molecule has 4 nitrogen and oxygen atoms in total. The van der Waals surface area contributed by atoms with E-state index in [9.17, 15) is 4.79 Å². The topological polar surface area (TPSA) is 51.2 Å². The summed E-state index contributed by atoms with van der Waals surface area (Å²) in [5.74, 6) is 0.855. The van der Waals surface area contributed by atoms with Gasteiger partial charge in [0.05, 0.1) is 18.1 Å². The van der Waals surface area contributed by atoms with Crippen LogP contribution in [0.25, 0.3) is 0 Å². The molecule has 19 heavy (non-hydrogen) atoms. The van der Waals surface area contributed by atoms with Crippen molar-refractivity contribution in [2.24, 2.45) is 0 Å². The molecule has 1 N–H and O–H groups in total. The third-order valence-corrected chi connectivity index (χ3v) is 2.47. The number of hydrogen-bond acceptors (Lipinski definition) is 3. The summed E-state index contributed by atoms with van der Waals surface area (Å²) in [6, 6.07) is 8.62. The first-order valence-corrected chi connectivity index (χ1v) is 5.87. The first-order valence-electron chi connectivity index (χ1n) is 5.49. The smallest absolute Gasteiger partial charge is 0.247 e. The molecule has 1 aromatic heterocycles. The molecular formula is C14H11ClN2O2. The first-order chi connectivity index (χ1) is 9.17. The molecule has 0 saturated heterocycles. The maximum atomic E-state index is 11.2. The molecule has 1 aromatic carbocycles. The third-order valence-electron chi connectivity index (χ3n) is 2.22. The van der Waals surface area contributed by atoms with Gasteiger partial charge in [-0.1, -0.05) is 18.2 Å². The van der Waals surface area contributed by atoms with Crippen molar-refractivity contribution in [3.63, 3.8) is 0 Å². The average molecular weight is 275 g/mol. The fraction of sp³-hybridized carbons (Fsp3) is 0. The number of nitrogens with zero attached hydrogens (tertiary/aromatic N) is 1. The number of pyridine rings is 1. The molecule has 0 spiro atoms. The number of ether oxygens (including phenoxy) is 1. The highest BCUT2D eigenvalue weighted by atomic mass is 35.5. The molecule has 0 fully saturated rings. The molecule has 0 aliphatic heterocycles. The van der Waals surface area contributed by atoms with Gasteiger partial charge in [0.1, 0.15) is 11.5 Å². The van der Waals surface area contributed by atoms with Crippen molar-refractivity contribution in [1.29, 1.82) is 0 Å². The van der Waals surface area contributed by atoms with Gasteiger partial charge in [-0.3, -0.25) is 9.78 Å². The second kappa shape index (κ2) is 6.02. The van der Waals surface area contributed by atoms with Crippen LogP contribution in [0.5, 0.6) is 11.5 Å². The zero-order valence-corrected chi connectivity index (χ0v) is 10.7. The van der Waals surface area contributed by atoms with Crippen LogP contribution in [0.15, 0.2) is 55.4 Å². The van der Waals surface area contributed by atoms with Crippen molar-refractivity contribution in [3.8, 4) is 11.5 Å². The Hall–Kier alpha value is -2.33. The molecule has 1 heterocycles. The van der Waals surface area contributed by atoms with E-state index in [1.807, 2.05) is 0 Å². The number of nitrogens with one attached hydrogen (secondary N) is 1. The summed E-state index contributed by atoms with van der Waals surface area (Å²) in [5, 5.41) is 3.24. The van der Waals surface area contributed by atoms with Crippen LogP contribution < -0.4 is 10.1 Å². The van der Waals surface area contributed by atoms with Crippen molar-refractivity contribution in [2.45, 2.75) is 0 Å². The van der Waals surface area contributed by atoms with Gasteiger partial charge in [0.15, 0.2) is 0 Å². The van der Waals surface area contributed by atoms with Gasteiger partial charge < -0.3 is 10.1 Å². The predicted octanol–water partition coefficient (Wildman–Crippen LogP) is 3.65. The van der Waals surface area contributed by atoms with Gasteiger partial charge in [0.2, 0.25) is 5.91 Å². The van der Waals surface area contributed by atoms with Gasteiger partial charge in [0.25, 0.3) is 0 Å². The third kappa shape index (κ3) is 3.82. The monoisotopic (exact) mass is 274 g/mol. The zero-order valence-electron chi connectivity index (χ0n) is 9.97. The molecule has 96 valence electrons. The van der Waals surface area contributed by atoms with Crippen LogP contribution >= 0.6 is 11.6 Å². The molecule has 0 saturated carbocycles. The first kappa shape index (κ1) is 13.1. The Morgan fingerprint density at radius 2 is 2.00 bits per heavy atom. The van der Waals surface area contributed by atoms with Crippen molar-refractivity contribution >= 4 is 23.2 Å². The lowest BCUT2D eigenvalue weighted by molar-refractivity contribution is -0.111. The lowest BCUT2D eigenvalue weighted by atomic mass is 10.3. The number of halogens is 1. The highest BCUT2D eigenvalue weighted by Gasteiger charge is 2.02. The van der Waals surface area contributed by atoms with Gasteiger partial charge in [-0.25, -0.2) is 0 Å². The van der Waals surface area contributed by atoms with Crippen LogP contribution in [0.4, 0.5) is 5.69 Å². The average Bonchev–Trinajstić information content (AvgIpc) is 2.42. The Bertz CT molecular complexity index is 597. The number of carbonyl (C=O) groups is 1. The highest BCUT2D eigenvalue weighted by molar-refractivity contribution is 6.30. The largest absolute Gasteiger partial charge is 0.456 e. The van der Waals surface area contributed by atoms with Crippen LogP contribution in [0.2, 0.25) is 5.02 Å². The lowest BCUT2D eigenvalue weighted by Crippen LogP contribution is -2.07. The van der Waals surface area contributed by atoms with Crippen molar-refractivity contribution in [1.82, 2.24) is 4.98 Å². The molecule has 1 amide bonds. The Morgan fingerprint density at radius 1 is 1.26 bits per heavy atom. The van der Waals surface area contributed by atoms with Crippen molar-refractivity contribution in [2.75, 3.05) is 5.32 Å². The molecule has 0 unspecified atom stereocenters. The Kier molecular flexibility index (Phi) is 4.15. The van der Waals surface area contributed by atoms with Crippen LogP contribution in [-0.4, -0.2) is 10.9 Å². The van der Waals surface area contributed by atoms with Gasteiger partial charge in [-0.15, -0.1) is 0 Å². The van der Waals surface area contributed by atoms with E-state index >= 15 is 0 Å². The number of rotatable bonds is 4. The summed E-state index contributed by atoms with van der Waals surface area (Å²) in [6.07, 6.45) is 4.26. The SMILES string of the molecule is C=CC(=O)Nc1cncc(Oc2ccc(Cl)cc2)c1. The summed E-state index contributed by atoms with van der Waals surface area (Å²) in [7, 11) is 0. The van der Waals surface area contributed by atoms with E-state index in [1.54, 1.807) is 36.5 Å². The standard InChI is InChI=1S/C14H11ClN2O2/c1-2-14(18)17-11-7-13(9-16-8-11)19-12-5-3-10(15)4-6-12/h2-9H,1H2,(H,17,18). The fourth-order valence-corrected chi connectivity index (χ4v) is 1.50. The number of anilines is 1. The summed E-state index contributed by atoms with van der Waals surface area (Å²) in [5.41, 5.74) is 0.538. The minimum Gasteiger partial charge on any atom is -0.456 e. The normalized spacial score (nSPS) is 9.74. The van der Waals surface area contributed by atoms with Crippen LogP contribution in [0.1, 0.15) is 0 Å². The summed E-state index contributed by atoms with van der Waals surface area (Å²) < 4.78 is 5.59. The minimum absolute atomic E-state index is 0.301. The van der Waals surface area contributed by atoms with Crippen LogP contribution in [0, 0.1) is 0 Å². The molecule has 2 rings (SSSR count). The molecular weight excluding hydrogens is 264 g/mol. The van der Waals surface area contributed by atoms with E-state index in [1.165, 1.54) is 12.3 Å². The number of carbonyl (C=O) groups excluding carboxylic acids is 1. The van der Waals surface area contributed by atoms with Crippen molar-refractivity contribution < 1.29 is 9.53 Å². The molecule has 0 aliphatic rings. The summed E-state index contributed by atoms with van der Waals surface area (Å²) >= 11 is 5.79. The predicted molar refractivity (Wildman–Crippen MR) is 74.6 cm³/mol. The molecule has 0 radical (unpaired) electrons. The minimum atomic E-state index is -0.301. The number of benzene rings is 1. The van der Waals surface area contributed by atoms with Gasteiger partial charge in [-0.05, 0) is 30.3 Å². The number of aromatic nitrogens is 1.